The molecule has 0 bridgehead atoms. The molecule has 0 amide bonds. The quantitative estimate of drug-likeness (QED) is 0.387. The van der Waals surface area contributed by atoms with Gasteiger partial charge in [0.25, 0.3) is 0 Å². The van der Waals surface area contributed by atoms with Gasteiger partial charge < -0.3 is 0 Å². The Kier molecular flexibility index (Phi) is 1.12. The predicted octanol–water partition coefficient (Wildman–Crippen LogP) is 0.728. The first kappa shape index (κ1) is 5.03. The molecule has 42 valence electrons. The van der Waals surface area contributed by atoms with Crippen LogP contribution in [0.1, 0.15) is 6.92 Å². The molecule has 0 atom stereocenters. The zero-order valence-electron chi connectivity index (χ0n) is 4.63. The van der Waals surface area contributed by atoms with E-state index in [1.165, 1.54) is 4.68 Å². The first-order valence-corrected chi connectivity index (χ1v) is 2.36. The molecule has 0 radical (unpaired) electrons. The summed E-state index contributed by atoms with van der Waals surface area (Å²) in [4.78, 5) is 0. The van der Waals surface area contributed by atoms with Gasteiger partial charge in [-0.3, -0.25) is 5.41 Å². The van der Waals surface area contributed by atoms with Crippen molar-refractivity contribution in [2.45, 2.75) is 6.92 Å². The van der Waals surface area contributed by atoms with Gasteiger partial charge in [0.2, 0.25) is 0 Å². The largest absolute Gasteiger partial charge is 0.287 e. The zero-order chi connectivity index (χ0) is 5.98. The molecule has 0 saturated heterocycles. The Hall–Kier alpha value is -1.12. The van der Waals surface area contributed by atoms with Crippen LogP contribution in [0.4, 0.5) is 0 Å². The molecule has 1 aromatic rings. The van der Waals surface area contributed by atoms with Gasteiger partial charge in [0.1, 0.15) is 5.84 Å². The molecule has 3 nitrogen and oxygen atoms in total. The monoisotopic (exact) mass is 109 g/mol. The smallest absolute Gasteiger partial charge is 0.118 e. The van der Waals surface area contributed by atoms with Crippen molar-refractivity contribution >= 4 is 5.84 Å². The van der Waals surface area contributed by atoms with E-state index in [1.54, 1.807) is 25.4 Å². The predicted molar refractivity (Wildman–Crippen MR) is 31.0 cm³/mol. The van der Waals surface area contributed by atoms with Crippen LogP contribution in [0.15, 0.2) is 18.5 Å². The maximum absolute atomic E-state index is 7.05. The van der Waals surface area contributed by atoms with Crippen molar-refractivity contribution in [3.8, 4) is 0 Å². The maximum Gasteiger partial charge on any atom is 0.118 e. The number of hydrogen-bond donors (Lipinski definition) is 1. The Morgan fingerprint density at radius 3 is 2.75 bits per heavy atom. The fraction of sp³-hybridized carbons (Fsp3) is 0.200. The summed E-state index contributed by atoms with van der Waals surface area (Å²) in [6.45, 7) is 1.69. The number of nitrogens with zero attached hydrogens (tertiary/aromatic N) is 2. The highest BCUT2D eigenvalue weighted by Gasteiger charge is 1.86. The molecule has 0 aromatic carbocycles. The molecule has 0 spiro atoms. The molecular formula is C5H7N3. The lowest BCUT2D eigenvalue weighted by atomic mass is 10.7. The van der Waals surface area contributed by atoms with Crippen molar-refractivity contribution in [3.05, 3.63) is 18.5 Å². The second-order valence-corrected chi connectivity index (χ2v) is 1.54. The van der Waals surface area contributed by atoms with E-state index in [0.29, 0.717) is 5.84 Å². The van der Waals surface area contributed by atoms with E-state index < -0.39 is 0 Å². The molecule has 1 N–H and O–H groups in total. The Morgan fingerprint density at radius 2 is 2.50 bits per heavy atom. The molecule has 0 aliphatic carbocycles. The Morgan fingerprint density at radius 1 is 1.75 bits per heavy atom. The molecule has 0 aliphatic heterocycles. The van der Waals surface area contributed by atoms with Gasteiger partial charge in [-0.15, -0.1) is 0 Å². The molecule has 3 heteroatoms. The molecule has 1 aromatic heterocycles. The SMILES string of the molecule is CC(=N)n1cccn1. The molecule has 0 saturated carbocycles. The minimum atomic E-state index is 0.440. The van der Waals surface area contributed by atoms with Crippen LogP contribution in [0.25, 0.3) is 0 Å². The van der Waals surface area contributed by atoms with Crippen molar-refractivity contribution in [2.75, 3.05) is 0 Å². The third-order valence-electron chi connectivity index (χ3n) is 0.848. The first-order chi connectivity index (χ1) is 3.80. The van der Waals surface area contributed by atoms with Gasteiger partial charge in [0, 0.05) is 12.4 Å². The van der Waals surface area contributed by atoms with E-state index in [-0.39, 0.29) is 0 Å². The van der Waals surface area contributed by atoms with Crippen molar-refractivity contribution in [3.63, 3.8) is 0 Å². The van der Waals surface area contributed by atoms with Crippen LogP contribution in [0.3, 0.4) is 0 Å². The molecule has 0 aliphatic rings. The maximum atomic E-state index is 7.05. The molecular weight excluding hydrogens is 102 g/mol. The summed E-state index contributed by atoms with van der Waals surface area (Å²) in [6.07, 6.45) is 3.39. The highest BCUT2D eigenvalue weighted by molar-refractivity contribution is 5.77. The second-order valence-electron chi connectivity index (χ2n) is 1.54. The summed E-state index contributed by atoms with van der Waals surface area (Å²) < 4.78 is 1.50. The standard InChI is InChI=1S/C5H7N3/c1-5(6)8-4-2-3-7-8/h2-4,6H,1H3. The average Bonchev–Trinajstić information content (AvgIpc) is 2.12. The minimum Gasteiger partial charge on any atom is -0.287 e. The summed E-state index contributed by atoms with van der Waals surface area (Å²) in [7, 11) is 0. The van der Waals surface area contributed by atoms with Crippen molar-refractivity contribution < 1.29 is 0 Å². The first-order valence-electron chi connectivity index (χ1n) is 2.36. The van der Waals surface area contributed by atoms with Crippen molar-refractivity contribution in [1.82, 2.24) is 9.78 Å². The highest BCUT2D eigenvalue weighted by Crippen LogP contribution is 1.81. The van der Waals surface area contributed by atoms with Gasteiger partial charge in [-0.25, -0.2) is 4.68 Å². The fourth-order valence-corrected chi connectivity index (χ4v) is 0.467. The normalized spacial score (nSPS) is 9.12. The van der Waals surface area contributed by atoms with E-state index in [9.17, 15) is 0 Å². The van der Waals surface area contributed by atoms with E-state index in [2.05, 4.69) is 5.10 Å². The zero-order valence-corrected chi connectivity index (χ0v) is 4.63. The van der Waals surface area contributed by atoms with Crippen LogP contribution in [0.5, 0.6) is 0 Å². The van der Waals surface area contributed by atoms with Gasteiger partial charge >= 0.3 is 0 Å². The number of hydrogen-bond acceptors (Lipinski definition) is 2. The van der Waals surface area contributed by atoms with Gasteiger partial charge in [-0.2, -0.15) is 5.10 Å². The Bertz CT molecular complexity index is 176. The van der Waals surface area contributed by atoms with Crippen LogP contribution in [-0.2, 0) is 0 Å². The molecule has 0 fully saturated rings. The van der Waals surface area contributed by atoms with Crippen molar-refractivity contribution in [2.24, 2.45) is 0 Å². The lowest BCUT2D eigenvalue weighted by Gasteiger charge is -1.91. The number of nitrogens with one attached hydrogen (secondary N) is 1. The lowest BCUT2D eigenvalue weighted by molar-refractivity contribution is 0.918. The minimum absolute atomic E-state index is 0.440. The molecule has 1 heterocycles. The number of aromatic nitrogens is 2. The lowest BCUT2D eigenvalue weighted by Crippen LogP contribution is -2.04. The van der Waals surface area contributed by atoms with Crippen LogP contribution in [-0.4, -0.2) is 15.6 Å². The summed E-state index contributed by atoms with van der Waals surface area (Å²) in [5.41, 5.74) is 0. The van der Waals surface area contributed by atoms with E-state index in [1.807, 2.05) is 0 Å². The van der Waals surface area contributed by atoms with Crippen LogP contribution >= 0.6 is 0 Å². The Balaban J connectivity index is 2.93. The average molecular weight is 109 g/mol. The van der Waals surface area contributed by atoms with Crippen LogP contribution < -0.4 is 0 Å². The molecule has 1 rings (SSSR count). The van der Waals surface area contributed by atoms with E-state index in [0.717, 1.165) is 0 Å². The fourth-order valence-electron chi connectivity index (χ4n) is 0.467. The van der Waals surface area contributed by atoms with Crippen molar-refractivity contribution in [1.29, 1.82) is 5.41 Å². The summed E-state index contributed by atoms with van der Waals surface area (Å²) in [6, 6.07) is 1.79. The van der Waals surface area contributed by atoms with Gasteiger partial charge in [-0.1, -0.05) is 0 Å². The molecule has 0 unspecified atom stereocenters. The van der Waals surface area contributed by atoms with Gasteiger partial charge in [0.15, 0.2) is 0 Å². The summed E-state index contributed by atoms with van der Waals surface area (Å²) in [5.74, 6) is 0.440. The summed E-state index contributed by atoms with van der Waals surface area (Å²) >= 11 is 0. The van der Waals surface area contributed by atoms with Crippen LogP contribution in [0.2, 0.25) is 0 Å². The second kappa shape index (κ2) is 1.78. The third kappa shape index (κ3) is 0.753. The summed E-state index contributed by atoms with van der Waals surface area (Å²) in [5, 5.41) is 10.9. The van der Waals surface area contributed by atoms with E-state index in [4.69, 9.17) is 5.41 Å². The highest BCUT2D eigenvalue weighted by atomic mass is 15.3. The van der Waals surface area contributed by atoms with Gasteiger partial charge in [0.05, 0.1) is 0 Å². The topological polar surface area (TPSA) is 41.7 Å². The number of rotatable bonds is 0. The van der Waals surface area contributed by atoms with Crippen LogP contribution in [0, 0.1) is 5.41 Å². The molecule has 8 heavy (non-hydrogen) atoms. The van der Waals surface area contributed by atoms with Gasteiger partial charge in [-0.05, 0) is 13.0 Å². The van der Waals surface area contributed by atoms with E-state index >= 15 is 0 Å². The third-order valence-corrected chi connectivity index (χ3v) is 0.848. The Labute approximate surface area is 47.5 Å².